The second-order valence-corrected chi connectivity index (χ2v) is 16.2. The first-order valence-electron chi connectivity index (χ1n) is 21.4. The Labute approximate surface area is 363 Å². The number of benzene rings is 8. The summed E-state index contributed by atoms with van der Waals surface area (Å²) in [6.07, 6.45) is 1.87. The molecule has 0 aliphatic rings. The number of pyridine rings is 2. The fourth-order valence-corrected chi connectivity index (χ4v) is 9.83. The molecule has 0 N–H and O–H groups in total. The zero-order valence-electron chi connectivity index (χ0n) is 34.1. The van der Waals surface area contributed by atoms with Crippen LogP contribution in [-0.4, -0.2) is 23.7 Å². The summed E-state index contributed by atoms with van der Waals surface area (Å²) in [7, 11) is 0. The van der Waals surface area contributed by atoms with Crippen molar-refractivity contribution in [1.29, 1.82) is 0 Å². The summed E-state index contributed by atoms with van der Waals surface area (Å²) >= 11 is 0. The Morgan fingerprint density at radius 3 is 1.40 bits per heavy atom. The van der Waals surface area contributed by atoms with Crippen molar-refractivity contribution >= 4 is 65.5 Å². The molecule has 0 spiro atoms. The number of rotatable bonds is 6. The maximum absolute atomic E-state index is 5.34. The van der Waals surface area contributed by atoms with Crippen molar-refractivity contribution in [3.05, 3.63) is 225 Å². The van der Waals surface area contributed by atoms with Gasteiger partial charge in [-0.1, -0.05) is 127 Å². The van der Waals surface area contributed by atoms with Gasteiger partial charge in [0.1, 0.15) is 5.82 Å². The van der Waals surface area contributed by atoms with Gasteiger partial charge >= 0.3 is 0 Å². The summed E-state index contributed by atoms with van der Waals surface area (Å²) in [5.74, 6) is 0.892. The lowest BCUT2D eigenvalue weighted by Crippen LogP contribution is -2.00. The zero-order valence-corrected chi connectivity index (χ0v) is 34.1. The molecule has 13 rings (SSSR count). The van der Waals surface area contributed by atoms with Gasteiger partial charge in [-0.15, -0.1) is 0 Å². The van der Waals surface area contributed by atoms with Gasteiger partial charge in [-0.2, -0.15) is 0 Å². The Hall–Kier alpha value is -8.54. The van der Waals surface area contributed by atoms with Crippen LogP contribution in [0.15, 0.2) is 225 Å². The van der Waals surface area contributed by atoms with E-state index in [1.54, 1.807) is 0 Å². The third-order valence-corrected chi connectivity index (χ3v) is 12.7. The van der Waals surface area contributed by atoms with E-state index in [-0.39, 0.29) is 0 Å². The molecule has 8 aromatic carbocycles. The Kier molecular flexibility index (Phi) is 7.84. The molecule has 0 aliphatic carbocycles. The number of fused-ring (bicyclic) bond motifs is 9. The van der Waals surface area contributed by atoms with Crippen molar-refractivity contribution < 1.29 is 0 Å². The molecule has 294 valence electrons. The fraction of sp³-hybridized carbons (Fsp3) is 0. The van der Waals surface area contributed by atoms with E-state index in [1.807, 2.05) is 12.3 Å². The third kappa shape index (κ3) is 5.57. The van der Waals surface area contributed by atoms with Crippen LogP contribution in [0.5, 0.6) is 0 Å². The highest BCUT2D eigenvalue weighted by Gasteiger charge is 2.19. The second-order valence-electron chi connectivity index (χ2n) is 16.2. The summed E-state index contributed by atoms with van der Waals surface area (Å²) in [5.41, 5.74) is 16.8. The molecule has 5 aromatic heterocycles. The van der Waals surface area contributed by atoms with Gasteiger partial charge < -0.3 is 9.13 Å². The lowest BCUT2D eigenvalue weighted by molar-refractivity contribution is 1.08. The monoisotopic (exact) mass is 803 g/mol. The van der Waals surface area contributed by atoms with Crippen molar-refractivity contribution in [2.75, 3.05) is 0 Å². The largest absolute Gasteiger partial charge is 0.309 e. The number of nitrogens with zero attached hydrogens (tertiary/aromatic N) is 5. The molecule has 0 bridgehead atoms. The molecule has 5 heteroatoms. The third-order valence-electron chi connectivity index (χ3n) is 12.7. The minimum Gasteiger partial charge on any atom is -0.309 e. The molecule has 63 heavy (non-hydrogen) atoms. The maximum Gasteiger partial charge on any atom is 0.138 e. The molecule has 0 radical (unpaired) electrons. The van der Waals surface area contributed by atoms with Gasteiger partial charge in [0, 0.05) is 50.1 Å². The summed E-state index contributed by atoms with van der Waals surface area (Å²) in [6.45, 7) is 0. The molecule has 13 aromatic rings. The smallest absolute Gasteiger partial charge is 0.138 e. The highest BCUT2D eigenvalue weighted by atomic mass is 15.1. The Morgan fingerprint density at radius 2 is 0.762 bits per heavy atom. The van der Waals surface area contributed by atoms with Gasteiger partial charge in [-0.3, -0.25) is 9.55 Å². The minimum absolute atomic E-state index is 0.892. The summed E-state index contributed by atoms with van der Waals surface area (Å²) < 4.78 is 7.03. The maximum atomic E-state index is 5.34. The van der Waals surface area contributed by atoms with Gasteiger partial charge in [0.15, 0.2) is 0 Å². The van der Waals surface area contributed by atoms with Crippen LogP contribution >= 0.6 is 0 Å². The number of hydrogen-bond donors (Lipinski definition) is 0. The highest BCUT2D eigenvalue weighted by molar-refractivity contribution is 6.13. The van der Waals surface area contributed by atoms with E-state index in [4.69, 9.17) is 9.97 Å². The summed E-state index contributed by atoms with van der Waals surface area (Å²) in [6, 6.07) is 78.4. The molecule has 0 saturated heterocycles. The molecule has 0 fully saturated rings. The Morgan fingerprint density at radius 1 is 0.286 bits per heavy atom. The van der Waals surface area contributed by atoms with Crippen LogP contribution in [0, 0.1) is 0 Å². The topological polar surface area (TPSA) is 40.6 Å². The molecular weight excluding hydrogens is 767 g/mol. The second kappa shape index (κ2) is 14.0. The first kappa shape index (κ1) is 35.2. The van der Waals surface area contributed by atoms with Crippen molar-refractivity contribution in [2.45, 2.75) is 0 Å². The molecule has 5 nitrogen and oxygen atoms in total. The number of aromatic nitrogens is 5. The van der Waals surface area contributed by atoms with E-state index >= 15 is 0 Å². The SMILES string of the molecule is c1ccc(-c2cc(-c3ccccc3)nc(-n3c4ccccc4c4cc(-c5ccc6c(c5)c5ccccc5n6-c5ccc(-n6c7ccccc7c7ncccc76)cc5)ccc43)c2)cc1. The average Bonchev–Trinajstić information content (AvgIpc) is 4.00. The zero-order chi connectivity index (χ0) is 41.4. The first-order chi connectivity index (χ1) is 31.2. The van der Waals surface area contributed by atoms with Crippen molar-refractivity contribution in [2.24, 2.45) is 0 Å². The van der Waals surface area contributed by atoms with E-state index < -0.39 is 0 Å². The van der Waals surface area contributed by atoms with E-state index in [1.165, 1.54) is 43.7 Å². The van der Waals surface area contributed by atoms with Crippen molar-refractivity contribution in [1.82, 2.24) is 23.7 Å². The molecule has 0 atom stereocenters. The van der Waals surface area contributed by atoms with Crippen LogP contribution < -0.4 is 0 Å². The van der Waals surface area contributed by atoms with Gasteiger partial charge in [-0.25, -0.2) is 4.98 Å². The van der Waals surface area contributed by atoms with Gasteiger partial charge in [0.25, 0.3) is 0 Å². The quantitative estimate of drug-likeness (QED) is 0.168. The molecule has 0 aliphatic heterocycles. The lowest BCUT2D eigenvalue weighted by atomic mass is 10.0. The van der Waals surface area contributed by atoms with E-state index in [9.17, 15) is 0 Å². The van der Waals surface area contributed by atoms with Crippen LogP contribution in [0.1, 0.15) is 0 Å². The van der Waals surface area contributed by atoms with Crippen molar-refractivity contribution in [3.8, 4) is 50.7 Å². The van der Waals surface area contributed by atoms with Crippen molar-refractivity contribution in [3.63, 3.8) is 0 Å². The fourth-order valence-electron chi connectivity index (χ4n) is 9.83. The predicted molar refractivity (Wildman–Crippen MR) is 261 cm³/mol. The van der Waals surface area contributed by atoms with Gasteiger partial charge in [0.2, 0.25) is 0 Å². The van der Waals surface area contributed by atoms with Crippen LogP contribution in [-0.2, 0) is 0 Å². The van der Waals surface area contributed by atoms with Gasteiger partial charge in [-0.05, 0) is 113 Å². The normalized spacial score (nSPS) is 11.8. The summed E-state index contributed by atoms with van der Waals surface area (Å²) in [4.78, 5) is 10.1. The average molecular weight is 804 g/mol. The predicted octanol–water partition coefficient (Wildman–Crippen LogP) is 14.8. The molecular formula is C58H37N5. The van der Waals surface area contributed by atoms with Crippen LogP contribution in [0.25, 0.3) is 116 Å². The highest BCUT2D eigenvalue weighted by Crippen LogP contribution is 2.40. The number of para-hydroxylation sites is 3. The Bertz CT molecular complexity index is 3780. The van der Waals surface area contributed by atoms with E-state index in [0.717, 1.165) is 72.5 Å². The van der Waals surface area contributed by atoms with E-state index in [0.29, 0.717) is 0 Å². The first-order valence-corrected chi connectivity index (χ1v) is 21.4. The van der Waals surface area contributed by atoms with E-state index in [2.05, 4.69) is 226 Å². The van der Waals surface area contributed by atoms with Crippen LogP contribution in [0.2, 0.25) is 0 Å². The molecule has 5 heterocycles. The Balaban J connectivity index is 0.934. The summed E-state index contributed by atoms with van der Waals surface area (Å²) in [5, 5.41) is 5.99. The molecule has 0 unspecified atom stereocenters. The molecule has 0 amide bonds. The minimum atomic E-state index is 0.892. The lowest BCUT2D eigenvalue weighted by Gasteiger charge is -2.13. The van der Waals surface area contributed by atoms with Crippen LogP contribution in [0.4, 0.5) is 0 Å². The number of hydrogen-bond acceptors (Lipinski definition) is 2. The van der Waals surface area contributed by atoms with Gasteiger partial charge in [0.05, 0.1) is 44.3 Å². The van der Waals surface area contributed by atoms with Crippen LogP contribution in [0.3, 0.4) is 0 Å². The molecule has 0 saturated carbocycles. The standard InChI is InChI=1S/C58H37N5/c1-3-14-38(15-4-1)42-36-50(39-16-5-2-6-17-39)60-57(37-42)63-52-22-11-8-19-46(52)49-35-41(26-32-55(49)63)40-25-31-54-48(34-40)45-18-7-10-21-51(45)61(54)43-27-29-44(30-28-43)62-53-23-12-9-20-47(53)58-56(62)24-13-33-59-58/h1-37H.